The molecule has 0 fully saturated rings. The van der Waals surface area contributed by atoms with E-state index in [0.29, 0.717) is 34.9 Å². The quantitative estimate of drug-likeness (QED) is 0.392. The molecule has 0 saturated heterocycles. The normalized spacial score (nSPS) is 13.8. The topological polar surface area (TPSA) is 48.6 Å². The van der Waals surface area contributed by atoms with Crippen LogP contribution in [-0.4, -0.2) is 20.0 Å². The SMILES string of the molecule is COc1ccc2c(c1OC)CO/C(=C\c1cc[n+](Cc3ccccc3Cl)cc1)C2=O.[Br-]. The number of ketones is 1. The number of nitrogens with zero attached hydrogens (tertiary/aromatic N) is 1. The molecule has 4 rings (SSSR count). The number of methoxy groups -OCH3 is 2. The maximum atomic E-state index is 12.9. The molecule has 0 spiro atoms. The zero-order valence-corrected chi connectivity index (χ0v) is 19.4. The summed E-state index contributed by atoms with van der Waals surface area (Å²) < 4.78 is 18.5. The van der Waals surface area contributed by atoms with E-state index in [9.17, 15) is 4.79 Å². The average Bonchev–Trinajstić information content (AvgIpc) is 2.77. The molecule has 160 valence electrons. The molecular formula is C24H21BrClNO4. The van der Waals surface area contributed by atoms with Crippen molar-refractivity contribution in [3.63, 3.8) is 0 Å². The highest BCUT2D eigenvalue weighted by Crippen LogP contribution is 2.37. The third-order valence-corrected chi connectivity index (χ3v) is 5.38. The van der Waals surface area contributed by atoms with E-state index in [1.165, 1.54) is 0 Å². The van der Waals surface area contributed by atoms with E-state index in [4.69, 9.17) is 25.8 Å². The number of hydrogen-bond acceptors (Lipinski definition) is 4. The number of aromatic nitrogens is 1. The van der Waals surface area contributed by atoms with Crippen molar-refractivity contribution >= 4 is 23.5 Å². The standard InChI is InChI=1S/C24H21ClNO4.BrH/c1-28-21-8-7-18-19(24(21)29-2)15-30-22(23(18)27)13-16-9-11-26(12-10-16)14-17-5-3-4-6-20(17)25;/h3-13H,14-15H2,1-2H3;1H/q+1;/p-1/b22-13-;. The predicted octanol–water partition coefficient (Wildman–Crippen LogP) is 1.45. The first-order valence-corrected chi connectivity index (χ1v) is 9.84. The average molecular weight is 503 g/mol. The van der Waals surface area contributed by atoms with Crippen LogP contribution in [0.1, 0.15) is 27.0 Å². The fraction of sp³-hybridized carbons (Fsp3) is 0.167. The van der Waals surface area contributed by atoms with Crippen molar-refractivity contribution in [3.05, 3.63) is 94.0 Å². The number of fused-ring (bicyclic) bond motifs is 1. The number of benzene rings is 2. The molecule has 0 amide bonds. The molecule has 1 aromatic heterocycles. The number of pyridine rings is 1. The van der Waals surface area contributed by atoms with Gasteiger partial charge >= 0.3 is 0 Å². The second-order valence-corrected chi connectivity index (χ2v) is 7.26. The third kappa shape index (κ3) is 4.75. The molecule has 1 aliphatic rings. The van der Waals surface area contributed by atoms with Crippen molar-refractivity contribution in [1.29, 1.82) is 0 Å². The fourth-order valence-corrected chi connectivity index (χ4v) is 3.64. The molecule has 2 aromatic carbocycles. The van der Waals surface area contributed by atoms with Crippen LogP contribution in [0.2, 0.25) is 5.02 Å². The van der Waals surface area contributed by atoms with Crippen LogP contribution in [0.4, 0.5) is 0 Å². The van der Waals surface area contributed by atoms with Gasteiger partial charge in [-0.3, -0.25) is 4.79 Å². The smallest absolute Gasteiger partial charge is 0.228 e. The van der Waals surface area contributed by atoms with Crippen LogP contribution < -0.4 is 31.0 Å². The lowest BCUT2D eigenvalue weighted by Crippen LogP contribution is -3.00. The summed E-state index contributed by atoms with van der Waals surface area (Å²) in [5, 5.41) is 0.739. The molecule has 0 saturated carbocycles. The molecule has 0 aliphatic carbocycles. The summed E-state index contributed by atoms with van der Waals surface area (Å²) in [5.74, 6) is 1.23. The zero-order chi connectivity index (χ0) is 21.1. The van der Waals surface area contributed by atoms with Gasteiger partial charge in [0.05, 0.1) is 19.2 Å². The first-order chi connectivity index (χ1) is 14.6. The number of halogens is 2. The lowest BCUT2D eigenvalue weighted by Gasteiger charge is -2.22. The van der Waals surface area contributed by atoms with E-state index in [1.807, 2.05) is 53.4 Å². The number of carbonyl (C=O) groups is 1. The third-order valence-electron chi connectivity index (χ3n) is 5.01. The number of allylic oxidation sites excluding steroid dienone is 1. The molecule has 7 heteroatoms. The van der Waals surface area contributed by atoms with Crippen molar-refractivity contribution in [2.75, 3.05) is 14.2 Å². The number of hydrogen-bond donors (Lipinski definition) is 0. The van der Waals surface area contributed by atoms with Gasteiger partial charge in [0.2, 0.25) is 5.78 Å². The molecule has 0 atom stereocenters. The van der Waals surface area contributed by atoms with E-state index in [2.05, 4.69) is 0 Å². The maximum Gasteiger partial charge on any atom is 0.228 e. The molecule has 5 nitrogen and oxygen atoms in total. The minimum Gasteiger partial charge on any atom is -1.00 e. The minimum absolute atomic E-state index is 0. The number of rotatable bonds is 5. The highest BCUT2D eigenvalue weighted by atomic mass is 79.9. The molecule has 1 aliphatic heterocycles. The van der Waals surface area contributed by atoms with Crippen molar-refractivity contribution in [2.24, 2.45) is 0 Å². The second kappa shape index (κ2) is 9.98. The van der Waals surface area contributed by atoms with Crippen molar-refractivity contribution in [1.82, 2.24) is 0 Å². The second-order valence-electron chi connectivity index (χ2n) is 6.85. The summed E-state index contributed by atoms with van der Waals surface area (Å²) >= 11 is 6.24. The van der Waals surface area contributed by atoms with E-state index in [-0.39, 0.29) is 29.4 Å². The van der Waals surface area contributed by atoms with E-state index in [1.54, 1.807) is 32.4 Å². The summed E-state index contributed by atoms with van der Waals surface area (Å²) in [5.41, 5.74) is 3.18. The molecule has 0 bridgehead atoms. The predicted molar refractivity (Wildman–Crippen MR) is 114 cm³/mol. The van der Waals surface area contributed by atoms with Gasteiger partial charge in [-0.25, -0.2) is 4.57 Å². The van der Waals surface area contributed by atoms with Gasteiger partial charge in [-0.1, -0.05) is 29.8 Å². The van der Waals surface area contributed by atoms with Crippen LogP contribution in [0.3, 0.4) is 0 Å². The molecule has 0 unspecified atom stereocenters. The lowest BCUT2D eigenvalue weighted by atomic mass is 9.98. The highest BCUT2D eigenvalue weighted by Gasteiger charge is 2.28. The van der Waals surface area contributed by atoms with Gasteiger partial charge in [-0.2, -0.15) is 0 Å². The molecule has 0 N–H and O–H groups in total. The van der Waals surface area contributed by atoms with E-state index in [0.717, 1.165) is 16.1 Å². The van der Waals surface area contributed by atoms with Crippen molar-refractivity contribution < 1.29 is 40.6 Å². The summed E-state index contributed by atoms with van der Waals surface area (Å²) in [7, 11) is 3.12. The van der Waals surface area contributed by atoms with Crippen LogP contribution in [0.25, 0.3) is 6.08 Å². The Morgan fingerprint density at radius 2 is 1.81 bits per heavy atom. The Labute approximate surface area is 196 Å². The van der Waals surface area contributed by atoms with Gasteiger partial charge in [0.1, 0.15) is 6.61 Å². The summed E-state index contributed by atoms with van der Waals surface area (Å²) in [4.78, 5) is 12.9. The Kier molecular flexibility index (Phi) is 7.36. The maximum absolute atomic E-state index is 12.9. The molecule has 31 heavy (non-hydrogen) atoms. The fourth-order valence-electron chi connectivity index (χ4n) is 3.45. The summed E-state index contributed by atoms with van der Waals surface area (Å²) in [6.45, 7) is 0.910. The Bertz CT molecular complexity index is 1130. The van der Waals surface area contributed by atoms with E-state index >= 15 is 0 Å². The van der Waals surface area contributed by atoms with Crippen LogP contribution in [0.5, 0.6) is 11.5 Å². The first kappa shape index (κ1) is 22.8. The minimum atomic E-state index is -0.176. The van der Waals surface area contributed by atoms with Crippen molar-refractivity contribution in [3.8, 4) is 11.5 Å². The Morgan fingerprint density at radius 3 is 2.48 bits per heavy atom. The largest absolute Gasteiger partial charge is 1.00 e. The Hall–Kier alpha value is -2.83. The Balaban J connectivity index is 0.00000272. The number of carbonyl (C=O) groups excluding carboxylic acids is 1. The summed E-state index contributed by atoms with van der Waals surface area (Å²) in [6.07, 6.45) is 5.65. The molecular weight excluding hydrogens is 482 g/mol. The lowest BCUT2D eigenvalue weighted by molar-refractivity contribution is -0.688. The van der Waals surface area contributed by atoms with Gasteiger partial charge in [-0.05, 0) is 29.8 Å². The van der Waals surface area contributed by atoms with Crippen LogP contribution in [0, 0.1) is 0 Å². The molecule has 0 radical (unpaired) electrons. The first-order valence-electron chi connectivity index (χ1n) is 9.46. The molecule has 3 aromatic rings. The van der Waals surface area contributed by atoms with Gasteiger partial charge in [-0.15, -0.1) is 0 Å². The number of Topliss-reactive ketones (excluding diaryl/α,β-unsaturated/α-hetero) is 1. The summed E-state index contributed by atoms with van der Waals surface area (Å²) in [6, 6.07) is 15.1. The van der Waals surface area contributed by atoms with Gasteiger partial charge < -0.3 is 31.2 Å². The molecule has 2 heterocycles. The van der Waals surface area contributed by atoms with Gasteiger partial charge in [0.15, 0.2) is 36.2 Å². The van der Waals surface area contributed by atoms with Crippen molar-refractivity contribution in [2.45, 2.75) is 13.2 Å². The van der Waals surface area contributed by atoms with E-state index < -0.39 is 0 Å². The zero-order valence-electron chi connectivity index (χ0n) is 17.1. The van der Waals surface area contributed by atoms with Gasteiger partial charge in [0.25, 0.3) is 0 Å². The van der Waals surface area contributed by atoms with Crippen LogP contribution >= 0.6 is 11.6 Å². The number of ether oxygens (including phenoxy) is 3. The van der Waals surface area contributed by atoms with Crippen LogP contribution in [0.15, 0.2) is 66.7 Å². The van der Waals surface area contributed by atoms with Crippen LogP contribution in [-0.2, 0) is 17.9 Å². The Morgan fingerprint density at radius 1 is 1.06 bits per heavy atom. The van der Waals surface area contributed by atoms with Gasteiger partial charge in [0, 0.05) is 28.8 Å². The highest BCUT2D eigenvalue weighted by molar-refractivity contribution is 6.31. The monoisotopic (exact) mass is 501 g/mol.